The van der Waals surface area contributed by atoms with Gasteiger partial charge in [-0.25, -0.2) is 13.4 Å². The fraction of sp³-hybridized carbons (Fsp3) is 0.136. The SMILES string of the molecule is CCc1ccccc1S(=O)(=O)Nc1ccc(-c2nc3ccc(C)cc3s2)cc1. The predicted octanol–water partition coefficient (Wildman–Crippen LogP) is 5.63. The van der Waals surface area contributed by atoms with Crippen LogP contribution < -0.4 is 4.72 Å². The molecule has 0 unspecified atom stereocenters. The van der Waals surface area contributed by atoms with Crippen LogP contribution in [0, 0.1) is 6.92 Å². The van der Waals surface area contributed by atoms with E-state index in [0.717, 1.165) is 26.4 Å². The second kappa shape index (κ2) is 7.37. The van der Waals surface area contributed by atoms with Gasteiger partial charge in [0, 0.05) is 11.3 Å². The van der Waals surface area contributed by atoms with Crippen molar-refractivity contribution in [1.29, 1.82) is 0 Å². The Balaban J connectivity index is 1.60. The zero-order valence-electron chi connectivity index (χ0n) is 15.6. The molecule has 0 saturated heterocycles. The molecule has 1 heterocycles. The van der Waals surface area contributed by atoms with E-state index in [4.69, 9.17) is 0 Å². The summed E-state index contributed by atoms with van der Waals surface area (Å²) in [5, 5.41) is 0.923. The highest BCUT2D eigenvalue weighted by Gasteiger charge is 2.17. The Hall–Kier alpha value is -2.70. The molecule has 0 radical (unpaired) electrons. The number of nitrogens with zero attached hydrogens (tertiary/aromatic N) is 1. The van der Waals surface area contributed by atoms with Gasteiger partial charge in [-0.05, 0) is 66.9 Å². The highest BCUT2D eigenvalue weighted by Crippen LogP contribution is 2.31. The molecule has 0 aliphatic heterocycles. The van der Waals surface area contributed by atoms with E-state index in [0.29, 0.717) is 17.0 Å². The number of benzene rings is 3. The zero-order chi connectivity index (χ0) is 19.7. The van der Waals surface area contributed by atoms with Gasteiger partial charge < -0.3 is 0 Å². The molecule has 1 aromatic heterocycles. The van der Waals surface area contributed by atoms with E-state index in [2.05, 4.69) is 28.8 Å². The molecule has 0 atom stereocenters. The first-order valence-corrected chi connectivity index (χ1v) is 11.3. The molecular formula is C22H20N2O2S2. The molecule has 3 aromatic carbocycles. The van der Waals surface area contributed by atoms with Gasteiger partial charge in [0.05, 0.1) is 15.1 Å². The molecular weight excluding hydrogens is 388 g/mol. The standard InChI is InChI=1S/C22H20N2O2S2/c1-3-16-6-4-5-7-21(16)28(25,26)24-18-11-9-17(10-12-18)22-23-19-13-8-15(2)14-20(19)27-22/h4-14,24H,3H2,1-2H3. The highest BCUT2D eigenvalue weighted by molar-refractivity contribution is 7.92. The van der Waals surface area contributed by atoms with Crippen molar-refractivity contribution >= 4 is 37.3 Å². The van der Waals surface area contributed by atoms with E-state index in [1.807, 2.05) is 37.3 Å². The number of anilines is 1. The lowest BCUT2D eigenvalue weighted by Crippen LogP contribution is -2.14. The molecule has 6 heteroatoms. The quantitative estimate of drug-likeness (QED) is 0.465. The van der Waals surface area contributed by atoms with Crippen LogP contribution in [0.1, 0.15) is 18.1 Å². The molecule has 142 valence electrons. The van der Waals surface area contributed by atoms with E-state index < -0.39 is 10.0 Å². The van der Waals surface area contributed by atoms with Gasteiger partial charge in [0.15, 0.2) is 0 Å². The van der Waals surface area contributed by atoms with Gasteiger partial charge in [-0.1, -0.05) is 31.2 Å². The summed E-state index contributed by atoms with van der Waals surface area (Å²) in [6.45, 7) is 4.01. The van der Waals surface area contributed by atoms with E-state index in [9.17, 15) is 8.42 Å². The molecule has 0 fully saturated rings. The molecule has 4 aromatic rings. The molecule has 0 aliphatic carbocycles. The van der Waals surface area contributed by atoms with Crippen molar-refractivity contribution in [3.63, 3.8) is 0 Å². The third kappa shape index (κ3) is 3.66. The minimum Gasteiger partial charge on any atom is -0.280 e. The Labute approximate surface area is 168 Å². The topological polar surface area (TPSA) is 59.1 Å². The highest BCUT2D eigenvalue weighted by atomic mass is 32.2. The van der Waals surface area contributed by atoms with Crippen molar-refractivity contribution in [3.8, 4) is 10.6 Å². The van der Waals surface area contributed by atoms with Crippen LogP contribution in [0.5, 0.6) is 0 Å². The summed E-state index contributed by atoms with van der Waals surface area (Å²) >= 11 is 1.64. The van der Waals surface area contributed by atoms with Crippen molar-refractivity contribution < 1.29 is 8.42 Å². The monoisotopic (exact) mass is 408 g/mol. The minimum atomic E-state index is -3.62. The number of hydrogen-bond donors (Lipinski definition) is 1. The summed E-state index contributed by atoms with van der Waals surface area (Å²) in [7, 11) is -3.62. The number of thiazole rings is 1. The van der Waals surface area contributed by atoms with Gasteiger partial charge in [0.1, 0.15) is 5.01 Å². The van der Waals surface area contributed by atoms with Crippen LogP contribution in [-0.4, -0.2) is 13.4 Å². The smallest absolute Gasteiger partial charge is 0.262 e. The molecule has 28 heavy (non-hydrogen) atoms. The minimum absolute atomic E-state index is 0.322. The van der Waals surface area contributed by atoms with Crippen LogP contribution >= 0.6 is 11.3 Å². The van der Waals surface area contributed by atoms with Crippen molar-refractivity contribution in [3.05, 3.63) is 77.9 Å². The lowest BCUT2D eigenvalue weighted by molar-refractivity contribution is 0.600. The van der Waals surface area contributed by atoms with Crippen LogP contribution in [0.3, 0.4) is 0 Å². The largest absolute Gasteiger partial charge is 0.280 e. The summed E-state index contributed by atoms with van der Waals surface area (Å²) in [6.07, 6.45) is 0.660. The summed E-state index contributed by atoms with van der Waals surface area (Å²) in [4.78, 5) is 5.00. The summed E-state index contributed by atoms with van der Waals surface area (Å²) in [6, 6.07) is 20.6. The summed E-state index contributed by atoms with van der Waals surface area (Å²) in [5.41, 5.74) is 4.49. The van der Waals surface area contributed by atoms with Crippen LogP contribution in [0.2, 0.25) is 0 Å². The number of nitrogens with one attached hydrogen (secondary N) is 1. The molecule has 0 amide bonds. The van der Waals surface area contributed by atoms with Crippen LogP contribution in [0.25, 0.3) is 20.8 Å². The fourth-order valence-corrected chi connectivity index (χ4v) is 5.55. The van der Waals surface area contributed by atoms with E-state index in [1.54, 1.807) is 35.6 Å². The third-order valence-corrected chi connectivity index (χ3v) is 7.12. The van der Waals surface area contributed by atoms with Crippen LogP contribution in [0.15, 0.2) is 71.6 Å². The first-order chi connectivity index (χ1) is 13.5. The predicted molar refractivity (Wildman–Crippen MR) is 116 cm³/mol. The lowest BCUT2D eigenvalue weighted by Gasteiger charge is -2.11. The molecule has 0 bridgehead atoms. The van der Waals surface area contributed by atoms with Crippen molar-refractivity contribution in [2.45, 2.75) is 25.2 Å². The molecule has 4 rings (SSSR count). The normalized spacial score (nSPS) is 11.6. The number of aromatic nitrogens is 1. The Morgan fingerprint density at radius 3 is 2.50 bits per heavy atom. The van der Waals surface area contributed by atoms with E-state index in [1.165, 1.54) is 5.56 Å². The Morgan fingerprint density at radius 1 is 1.00 bits per heavy atom. The number of aryl methyl sites for hydroxylation is 2. The van der Waals surface area contributed by atoms with Crippen LogP contribution in [-0.2, 0) is 16.4 Å². The Bertz CT molecular complexity index is 1240. The number of fused-ring (bicyclic) bond motifs is 1. The third-order valence-electron chi connectivity index (χ3n) is 4.57. The molecule has 4 nitrogen and oxygen atoms in total. The fourth-order valence-electron chi connectivity index (χ4n) is 3.10. The maximum absolute atomic E-state index is 12.8. The number of hydrogen-bond acceptors (Lipinski definition) is 4. The summed E-state index contributed by atoms with van der Waals surface area (Å²) in [5.74, 6) is 0. The maximum atomic E-state index is 12.8. The number of rotatable bonds is 5. The van der Waals surface area contributed by atoms with Gasteiger partial charge in [-0.2, -0.15) is 0 Å². The van der Waals surface area contributed by atoms with Gasteiger partial charge in [0.25, 0.3) is 10.0 Å². The van der Waals surface area contributed by atoms with Gasteiger partial charge in [0.2, 0.25) is 0 Å². The number of sulfonamides is 1. The second-order valence-corrected chi connectivity index (χ2v) is 9.32. The molecule has 0 aliphatic rings. The van der Waals surface area contributed by atoms with Gasteiger partial charge in [-0.15, -0.1) is 11.3 Å². The van der Waals surface area contributed by atoms with Gasteiger partial charge >= 0.3 is 0 Å². The van der Waals surface area contributed by atoms with E-state index >= 15 is 0 Å². The molecule has 0 spiro atoms. The average Bonchev–Trinajstić information content (AvgIpc) is 3.11. The zero-order valence-corrected chi connectivity index (χ0v) is 17.3. The molecule has 0 saturated carbocycles. The van der Waals surface area contributed by atoms with Crippen molar-refractivity contribution in [2.75, 3.05) is 4.72 Å². The molecule has 1 N–H and O–H groups in total. The van der Waals surface area contributed by atoms with Gasteiger partial charge in [-0.3, -0.25) is 4.72 Å². The van der Waals surface area contributed by atoms with Crippen LogP contribution in [0.4, 0.5) is 5.69 Å². The van der Waals surface area contributed by atoms with Crippen molar-refractivity contribution in [2.24, 2.45) is 0 Å². The summed E-state index contributed by atoms with van der Waals surface area (Å²) < 4.78 is 29.4. The average molecular weight is 409 g/mol. The first-order valence-electron chi connectivity index (χ1n) is 9.04. The first kappa shape index (κ1) is 18.7. The Morgan fingerprint density at radius 2 is 1.75 bits per heavy atom. The van der Waals surface area contributed by atoms with Crippen molar-refractivity contribution in [1.82, 2.24) is 4.98 Å². The maximum Gasteiger partial charge on any atom is 0.262 e. The lowest BCUT2D eigenvalue weighted by atomic mass is 10.2. The second-order valence-electron chi connectivity index (χ2n) is 6.63. The Kier molecular flexibility index (Phi) is 4.91. The van der Waals surface area contributed by atoms with E-state index in [-0.39, 0.29) is 0 Å².